The molecule has 0 spiro atoms. The van der Waals surface area contributed by atoms with Crippen molar-refractivity contribution < 1.29 is 19.1 Å². The lowest BCUT2D eigenvalue weighted by molar-refractivity contribution is -0.134. The van der Waals surface area contributed by atoms with Crippen LogP contribution in [0, 0.1) is 6.92 Å². The zero-order valence-electron chi connectivity index (χ0n) is 27.7. The molecule has 0 radical (unpaired) electrons. The first-order valence-electron chi connectivity index (χ1n) is 16.6. The third kappa shape index (κ3) is 7.88. The highest BCUT2D eigenvalue weighted by atomic mass is 16.6. The first-order chi connectivity index (χ1) is 22.5. The van der Waals surface area contributed by atoms with Crippen LogP contribution in [0.1, 0.15) is 86.1 Å². The number of carbonyl (C=O) groups is 3. The van der Waals surface area contributed by atoms with Crippen molar-refractivity contribution in [2.24, 2.45) is 0 Å². The van der Waals surface area contributed by atoms with Gasteiger partial charge in [-0.05, 0) is 112 Å². The minimum Gasteiger partial charge on any atom is -0.444 e. The number of aryl methyl sites for hydroxylation is 1. The van der Waals surface area contributed by atoms with Crippen LogP contribution in [0.2, 0.25) is 0 Å². The summed E-state index contributed by atoms with van der Waals surface area (Å²) in [5.74, 6) is -0.0824. The van der Waals surface area contributed by atoms with Gasteiger partial charge in [0.15, 0.2) is 0 Å². The lowest BCUT2D eigenvalue weighted by Gasteiger charge is -2.32. The molecule has 47 heavy (non-hydrogen) atoms. The van der Waals surface area contributed by atoms with E-state index in [0.29, 0.717) is 25.3 Å². The fraction of sp³-hybridized carbons (Fsp3) is 0.432. The maximum Gasteiger partial charge on any atom is 0.407 e. The molecule has 0 bridgehead atoms. The summed E-state index contributed by atoms with van der Waals surface area (Å²) in [6.07, 6.45) is 7.39. The summed E-state index contributed by atoms with van der Waals surface area (Å²) in [6.45, 7) is 11.1. The van der Waals surface area contributed by atoms with Crippen LogP contribution in [0.15, 0.2) is 61.1 Å². The van der Waals surface area contributed by atoms with E-state index >= 15 is 0 Å². The number of amides is 3. The Bertz CT molecular complexity index is 1770. The third-order valence-electron chi connectivity index (χ3n) is 9.25. The second-order valence-corrected chi connectivity index (χ2v) is 13.8. The normalized spacial score (nSPS) is 17.9. The van der Waals surface area contributed by atoms with Crippen molar-refractivity contribution in [3.8, 4) is 11.3 Å². The van der Waals surface area contributed by atoms with Gasteiger partial charge in [0, 0.05) is 31.3 Å². The highest BCUT2D eigenvalue weighted by Gasteiger charge is 2.28. The van der Waals surface area contributed by atoms with Gasteiger partial charge in [-0.2, -0.15) is 5.10 Å². The van der Waals surface area contributed by atoms with Gasteiger partial charge >= 0.3 is 6.09 Å². The Morgan fingerprint density at radius 3 is 2.47 bits per heavy atom. The van der Waals surface area contributed by atoms with E-state index in [1.54, 1.807) is 6.33 Å². The number of likely N-dealkylation sites (tertiary alicyclic amines) is 1. The summed E-state index contributed by atoms with van der Waals surface area (Å²) in [5, 5.41) is 9.78. The second kappa shape index (κ2) is 13.7. The maximum absolute atomic E-state index is 12.3. The predicted octanol–water partition coefficient (Wildman–Crippen LogP) is 5.67. The van der Waals surface area contributed by atoms with Crippen molar-refractivity contribution in [2.45, 2.75) is 83.8 Å². The summed E-state index contributed by atoms with van der Waals surface area (Å²) >= 11 is 0. The van der Waals surface area contributed by atoms with E-state index in [1.807, 2.05) is 44.3 Å². The topological polar surface area (TPSA) is 118 Å². The summed E-state index contributed by atoms with van der Waals surface area (Å²) in [5.41, 5.74) is 7.96. The zero-order chi connectivity index (χ0) is 33.1. The molecule has 10 nitrogen and oxygen atoms in total. The monoisotopic (exact) mass is 636 g/mol. The van der Waals surface area contributed by atoms with E-state index in [2.05, 4.69) is 68.2 Å². The van der Waals surface area contributed by atoms with Crippen LogP contribution in [0.25, 0.3) is 16.8 Å². The van der Waals surface area contributed by atoms with Crippen molar-refractivity contribution in [1.82, 2.24) is 30.1 Å². The summed E-state index contributed by atoms with van der Waals surface area (Å²) < 4.78 is 7.27. The number of alkyl carbamates (subject to hydrolysis) is 1. The number of benzene rings is 2. The molecule has 2 saturated heterocycles. The Balaban J connectivity index is 1.03. The molecule has 4 aromatic rings. The summed E-state index contributed by atoms with van der Waals surface area (Å²) in [6, 6.07) is 16.8. The Morgan fingerprint density at radius 1 is 1.02 bits per heavy atom. The number of aromatic nitrogens is 3. The molecule has 2 aromatic heterocycles. The number of hydrogen-bond donors (Lipinski definition) is 2. The largest absolute Gasteiger partial charge is 0.444 e. The third-order valence-corrected chi connectivity index (χ3v) is 9.25. The molecule has 2 aliphatic heterocycles. The van der Waals surface area contributed by atoms with Crippen LogP contribution < -0.4 is 10.6 Å². The van der Waals surface area contributed by atoms with Gasteiger partial charge in [-0.3, -0.25) is 14.9 Å². The molecule has 246 valence electrons. The molecule has 1 atom stereocenters. The SMILES string of the molecule is Cc1cc(-c2ncnn3cc(CCN4CCC(c5ccc(C6CCC(=O)NC6=O)cc5)CC4)cc23)ccc1CNC(=O)OC(C)(C)C. The van der Waals surface area contributed by atoms with E-state index in [1.165, 1.54) is 11.1 Å². The molecule has 0 aliphatic carbocycles. The van der Waals surface area contributed by atoms with Gasteiger partial charge in [0.05, 0.1) is 17.1 Å². The lowest BCUT2D eigenvalue weighted by Crippen LogP contribution is -2.39. The number of nitrogens with zero attached hydrogens (tertiary/aromatic N) is 4. The van der Waals surface area contributed by atoms with E-state index in [0.717, 1.165) is 72.4 Å². The minimum absolute atomic E-state index is 0.178. The molecule has 4 heterocycles. The number of fused-ring (bicyclic) bond motifs is 1. The van der Waals surface area contributed by atoms with Gasteiger partial charge in [-0.1, -0.05) is 36.4 Å². The first-order valence-corrected chi connectivity index (χ1v) is 16.6. The highest BCUT2D eigenvalue weighted by molar-refractivity contribution is 6.00. The van der Waals surface area contributed by atoms with Gasteiger partial charge in [0.25, 0.3) is 0 Å². The van der Waals surface area contributed by atoms with Gasteiger partial charge in [-0.15, -0.1) is 0 Å². The van der Waals surface area contributed by atoms with Crippen LogP contribution in [0.3, 0.4) is 0 Å². The van der Waals surface area contributed by atoms with Gasteiger partial charge < -0.3 is 15.0 Å². The highest BCUT2D eigenvalue weighted by Crippen LogP contribution is 2.31. The first kappa shape index (κ1) is 32.4. The fourth-order valence-corrected chi connectivity index (χ4v) is 6.65. The standard InChI is InChI=1S/C37H44N6O4/c1-24-19-29(9-10-30(24)21-38-36(46)47-37(2,3)4)34-32-20-25(22-43(32)40-23-39-34)13-16-42-17-14-27(15-18-42)26-5-7-28(8-6-26)31-11-12-33(44)41-35(31)45/h5-10,19-20,22-23,27,31H,11-18,21H2,1-4H3,(H,38,46)(H,41,44,45). The zero-order valence-corrected chi connectivity index (χ0v) is 27.7. The number of nitrogens with one attached hydrogen (secondary N) is 2. The van der Waals surface area contributed by atoms with Crippen LogP contribution in [0.4, 0.5) is 4.79 Å². The van der Waals surface area contributed by atoms with E-state index in [9.17, 15) is 14.4 Å². The van der Waals surface area contributed by atoms with Crippen molar-refractivity contribution >= 4 is 23.4 Å². The molecule has 10 heteroatoms. The van der Waals surface area contributed by atoms with Crippen LogP contribution in [-0.4, -0.2) is 62.6 Å². The Morgan fingerprint density at radius 2 is 1.77 bits per heavy atom. The molecule has 0 saturated carbocycles. The average molecular weight is 637 g/mol. The number of ether oxygens (including phenoxy) is 1. The summed E-state index contributed by atoms with van der Waals surface area (Å²) in [4.78, 5) is 43.0. The molecule has 1 unspecified atom stereocenters. The van der Waals surface area contributed by atoms with Crippen LogP contribution in [0.5, 0.6) is 0 Å². The van der Waals surface area contributed by atoms with Gasteiger partial charge in [0.2, 0.25) is 11.8 Å². The quantitative estimate of drug-likeness (QED) is 0.239. The number of hydrogen-bond acceptors (Lipinski definition) is 7. The van der Waals surface area contributed by atoms with E-state index in [4.69, 9.17) is 4.74 Å². The van der Waals surface area contributed by atoms with Crippen LogP contribution >= 0.6 is 0 Å². The molecular formula is C37H44N6O4. The second-order valence-electron chi connectivity index (χ2n) is 13.8. The molecule has 2 N–H and O–H groups in total. The Labute approximate surface area is 275 Å². The van der Waals surface area contributed by atoms with Crippen molar-refractivity contribution in [3.63, 3.8) is 0 Å². The average Bonchev–Trinajstić information content (AvgIpc) is 3.46. The number of carbonyl (C=O) groups excluding carboxylic acids is 3. The smallest absolute Gasteiger partial charge is 0.407 e. The molecule has 2 aromatic carbocycles. The van der Waals surface area contributed by atoms with Crippen molar-refractivity contribution in [1.29, 1.82) is 0 Å². The van der Waals surface area contributed by atoms with Crippen LogP contribution in [-0.2, 0) is 27.3 Å². The fourth-order valence-electron chi connectivity index (χ4n) is 6.65. The predicted molar refractivity (Wildman–Crippen MR) is 180 cm³/mol. The lowest BCUT2D eigenvalue weighted by atomic mass is 9.86. The van der Waals surface area contributed by atoms with Crippen molar-refractivity contribution in [2.75, 3.05) is 19.6 Å². The molecule has 3 amide bonds. The van der Waals surface area contributed by atoms with E-state index < -0.39 is 11.7 Å². The minimum atomic E-state index is -0.536. The molecule has 6 rings (SSSR count). The van der Waals surface area contributed by atoms with Gasteiger partial charge in [0.1, 0.15) is 11.9 Å². The molecular weight excluding hydrogens is 592 g/mol. The molecule has 2 fully saturated rings. The number of rotatable bonds is 8. The Hall–Kier alpha value is -4.57. The van der Waals surface area contributed by atoms with E-state index in [-0.39, 0.29) is 17.7 Å². The maximum atomic E-state index is 12.3. The number of piperidine rings is 2. The molecule has 2 aliphatic rings. The van der Waals surface area contributed by atoms with Crippen molar-refractivity contribution in [3.05, 3.63) is 88.9 Å². The number of imide groups is 1. The summed E-state index contributed by atoms with van der Waals surface area (Å²) in [7, 11) is 0. The van der Waals surface area contributed by atoms with Gasteiger partial charge in [-0.25, -0.2) is 14.3 Å². The Kier molecular flexibility index (Phi) is 9.40.